The summed E-state index contributed by atoms with van der Waals surface area (Å²) in [6, 6.07) is 18.5. The number of aromatic nitrogens is 2. The van der Waals surface area contributed by atoms with Crippen LogP contribution in [0, 0.1) is 0 Å². The van der Waals surface area contributed by atoms with Gasteiger partial charge in [0.2, 0.25) is 0 Å². The van der Waals surface area contributed by atoms with Gasteiger partial charge in [-0.25, -0.2) is 9.97 Å². The molecule has 6 nitrogen and oxygen atoms in total. The molecule has 7 heteroatoms. The van der Waals surface area contributed by atoms with Gasteiger partial charge in [-0.1, -0.05) is 36.4 Å². The number of hydrogen-bond donors (Lipinski definition) is 0. The van der Waals surface area contributed by atoms with Crippen LogP contribution in [-0.2, 0) is 0 Å². The predicted molar refractivity (Wildman–Crippen MR) is 120 cm³/mol. The van der Waals surface area contributed by atoms with E-state index in [1.165, 1.54) is 0 Å². The van der Waals surface area contributed by atoms with Crippen molar-refractivity contribution < 1.29 is 4.42 Å². The third-order valence-corrected chi connectivity index (χ3v) is 5.94. The lowest BCUT2D eigenvalue weighted by atomic mass is 9.70. The molecule has 6 rings (SSSR count). The second kappa shape index (κ2) is 6.39. The lowest BCUT2D eigenvalue weighted by molar-refractivity contribution is 0.571. The summed E-state index contributed by atoms with van der Waals surface area (Å²) in [6.45, 7) is 2.14. The van der Waals surface area contributed by atoms with Gasteiger partial charge in [0.1, 0.15) is 11.0 Å². The number of benzene rings is 2. The predicted octanol–water partition coefficient (Wildman–Crippen LogP) is 2.72. The number of anilines is 3. The molecule has 0 spiro atoms. The second-order valence-electron chi connectivity index (χ2n) is 7.70. The summed E-state index contributed by atoms with van der Waals surface area (Å²) in [5, 5.41) is 2.25. The third kappa shape index (κ3) is 2.38. The molecule has 0 saturated heterocycles. The molecule has 2 aliphatic heterocycles. The quantitative estimate of drug-likeness (QED) is 0.488. The Kier molecular flexibility index (Phi) is 3.65. The molecule has 2 aliphatic rings. The minimum Gasteiger partial charge on any atom is -0.457 e. The Hall–Kier alpha value is -3.74. The molecule has 2 aromatic carbocycles. The topological polar surface area (TPSA) is 48.6 Å². The largest absolute Gasteiger partial charge is 0.457 e. The minimum atomic E-state index is -0.0442. The standard InChI is InChI=1S/C23H20BN5O/c1-16-28(17-8-4-3-5-9-17)22-23(26-13-12-25-22)29(16)24-14-21-19(15-27(24)2)18-10-6-7-11-20(18)30-21/h3-16H,1-2H3/t16-/m0/s1. The second-order valence-corrected chi connectivity index (χ2v) is 7.70. The Balaban J connectivity index is 1.51. The van der Waals surface area contributed by atoms with Gasteiger partial charge in [0.25, 0.3) is 0 Å². The van der Waals surface area contributed by atoms with Crippen molar-refractivity contribution in [3.8, 4) is 0 Å². The monoisotopic (exact) mass is 393 g/mol. The van der Waals surface area contributed by atoms with Gasteiger partial charge in [0.15, 0.2) is 11.6 Å². The highest BCUT2D eigenvalue weighted by atomic mass is 16.3. The van der Waals surface area contributed by atoms with Gasteiger partial charge in [-0.3, -0.25) is 0 Å². The van der Waals surface area contributed by atoms with Gasteiger partial charge in [-0.15, -0.1) is 0 Å². The normalized spacial score (nSPS) is 17.6. The Morgan fingerprint density at radius 2 is 1.67 bits per heavy atom. The molecule has 0 amide bonds. The van der Waals surface area contributed by atoms with Gasteiger partial charge >= 0.3 is 6.98 Å². The van der Waals surface area contributed by atoms with E-state index in [4.69, 9.17) is 9.40 Å². The Bertz CT molecular complexity index is 1370. The number of nitrogens with zero attached hydrogens (tertiary/aromatic N) is 5. The fourth-order valence-electron chi connectivity index (χ4n) is 4.58. The summed E-state index contributed by atoms with van der Waals surface area (Å²) in [4.78, 5) is 16.1. The molecule has 1 atom stereocenters. The zero-order chi connectivity index (χ0) is 20.2. The highest BCUT2D eigenvalue weighted by Crippen LogP contribution is 2.41. The molecule has 146 valence electrons. The van der Waals surface area contributed by atoms with Crippen LogP contribution in [0.3, 0.4) is 0 Å². The van der Waals surface area contributed by atoms with Crippen LogP contribution in [0.2, 0.25) is 0 Å². The van der Waals surface area contributed by atoms with E-state index in [1.807, 2.05) is 36.4 Å². The first-order valence-corrected chi connectivity index (χ1v) is 10.1. The van der Waals surface area contributed by atoms with E-state index in [1.54, 1.807) is 12.4 Å². The van der Waals surface area contributed by atoms with Gasteiger partial charge in [-0.2, -0.15) is 0 Å². The molecule has 0 aliphatic carbocycles. The van der Waals surface area contributed by atoms with Crippen molar-refractivity contribution >= 4 is 47.5 Å². The summed E-state index contributed by atoms with van der Waals surface area (Å²) < 4.78 is 6.17. The molecular weight excluding hydrogens is 373 g/mol. The Morgan fingerprint density at radius 1 is 0.933 bits per heavy atom. The third-order valence-electron chi connectivity index (χ3n) is 5.94. The number of fused-ring (bicyclic) bond motifs is 4. The van der Waals surface area contributed by atoms with Crippen molar-refractivity contribution in [3.63, 3.8) is 0 Å². The minimum absolute atomic E-state index is 0.0350. The molecule has 2 aromatic heterocycles. The van der Waals surface area contributed by atoms with E-state index in [2.05, 4.69) is 63.9 Å². The fraction of sp³-hybridized carbons (Fsp3) is 0.130. The van der Waals surface area contributed by atoms with Gasteiger partial charge < -0.3 is 18.9 Å². The van der Waals surface area contributed by atoms with Gasteiger partial charge in [0.05, 0.1) is 6.17 Å². The first-order valence-electron chi connectivity index (χ1n) is 10.1. The smallest absolute Gasteiger partial charge is 0.409 e. The van der Waals surface area contributed by atoms with Crippen LogP contribution >= 0.6 is 0 Å². The zero-order valence-electron chi connectivity index (χ0n) is 16.8. The van der Waals surface area contributed by atoms with E-state index in [-0.39, 0.29) is 13.1 Å². The maximum Gasteiger partial charge on any atom is 0.409 e. The van der Waals surface area contributed by atoms with Crippen molar-refractivity contribution in [2.45, 2.75) is 13.1 Å². The van der Waals surface area contributed by atoms with Crippen molar-refractivity contribution in [2.24, 2.45) is 0 Å². The highest BCUT2D eigenvalue weighted by molar-refractivity contribution is 6.75. The van der Waals surface area contributed by atoms with E-state index >= 15 is 0 Å². The van der Waals surface area contributed by atoms with E-state index < -0.39 is 0 Å². The SMILES string of the molecule is C[C@@H]1N(B2C=c3oc4ccccc4c3=CN2C)c2nccnc2N1c1ccccc1. The van der Waals surface area contributed by atoms with Crippen molar-refractivity contribution in [2.75, 3.05) is 16.8 Å². The van der Waals surface area contributed by atoms with Crippen LogP contribution in [0.4, 0.5) is 17.3 Å². The number of hydrogen-bond acceptors (Lipinski definition) is 6. The van der Waals surface area contributed by atoms with Gasteiger partial charge in [0, 0.05) is 34.9 Å². The van der Waals surface area contributed by atoms with Crippen LogP contribution in [0.25, 0.3) is 23.1 Å². The molecule has 0 fully saturated rings. The fourth-order valence-corrected chi connectivity index (χ4v) is 4.58. The van der Waals surface area contributed by atoms with Crippen LogP contribution in [0.1, 0.15) is 6.92 Å². The molecule has 0 saturated carbocycles. The Labute approximate surface area is 174 Å². The van der Waals surface area contributed by atoms with Crippen LogP contribution in [0.15, 0.2) is 71.4 Å². The lowest BCUT2D eigenvalue weighted by Gasteiger charge is -2.36. The van der Waals surface area contributed by atoms with Crippen LogP contribution < -0.4 is 20.3 Å². The van der Waals surface area contributed by atoms with E-state index in [0.717, 1.165) is 38.9 Å². The highest BCUT2D eigenvalue weighted by Gasteiger charge is 2.43. The maximum atomic E-state index is 6.17. The molecule has 4 heterocycles. The average molecular weight is 393 g/mol. The number of rotatable bonds is 2. The van der Waals surface area contributed by atoms with Crippen LogP contribution in [0.5, 0.6) is 0 Å². The Morgan fingerprint density at radius 3 is 2.50 bits per heavy atom. The summed E-state index contributed by atoms with van der Waals surface area (Å²) in [5.41, 5.74) is 2.90. The molecule has 0 radical (unpaired) electrons. The van der Waals surface area contributed by atoms with E-state index in [9.17, 15) is 0 Å². The lowest BCUT2D eigenvalue weighted by Crippen LogP contribution is -2.56. The van der Waals surface area contributed by atoms with Crippen molar-refractivity contribution in [1.29, 1.82) is 0 Å². The average Bonchev–Trinajstić information content (AvgIpc) is 3.28. The van der Waals surface area contributed by atoms with Crippen molar-refractivity contribution in [1.82, 2.24) is 14.8 Å². The molecular formula is C23H20BN5O. The first-order chi connectivity index (χ1) is 14.7. The summed E-state index contributed by atoms with van der Waals surface area (Å²) in [6.07, 6.45) is 5.71. The molecule has 4 aromatic rings. The zero-order valence-corrected chi connectivity index (χ0v) is 16.8. The molecule has 0 unspecified atom stereocenters. The molecule has 0 N–H and O–H groups in total. The maximum absolute atomic E-state index is 6.17. The van der Waals surface area contributed by atoms with Gasteiger partial charge in [-0.05, 0) is 38.1 Å². The summed E-state index contributed by atoms with van der Waals surface area (Å²) in [5.74, 6) is 3.92. The van der Waals surface area contributed by atoms with E-state index in [0.29, 0.717) is 0 Å². The first kappa shape index (κ1) is 17.2. The molecule has 0 bridgehead atoms. The molecule has 30 heavy (non-hydrogen) atoms. The number of furan rings is 1. The summed E-state index contributed by atoms with van der Waals surface area (Å²) in [7, 11) is 2.10. The number of para-hydroxylation sites is 2. The van der Waals surface area contributed by atoms with Crippen LogP contribution in [-0.4, -0.2) is 35.0 Å². The van der Waals surface area contributed by atoms with Crippen molar-refractivity contribution in [3.05, 3.63) is 77.6 Å². The summed E-state index contributed by atoms with van der Waals surface area (Å²) >= 11 is 0.